The maximum atomic E-state index is 11.4. The minimum absolute atomic E-state index is 0.309. The average molecular weight is 329 g/mol. The lowest BCUT2D eigenvalue weighted by Gasteiger charge is -2.10. The smallest absolute Gasteiger partial charge is 0.265 e. The van der Waals surface area contributed by atoms with Crippen molar-refractivity contribution < 1.29 is 14.3 Å². The number of hydrazine groups is 1. The normalized spacial score (nSPS) is 18.5. The minimum Gasteiger partial charge on any atom is -0.381 e. The highest BCUT2D eigenvalue weighted by Crippen LogP contribution is 2.20. The van der Waals surface area contributed by atoms with Crippen LogP contribution in [-0.2, 0) is 16.1 Å². The molecule has 1 aromatic carbocycles. The van der Waals surface area contributed by atoms with Gasteiger partial charge in [0.25, 0.3) is 5.91 Å². The van der Waals surface area contributed by atoms with Crippen molar-refractivity contribution in [3.05, 3.63) is 33.8 Å². The predicted molar refractivity (Wildman–Crippen MR) is 74.4 cm³/mol. The van der Waals surface area contributed by atoms with Crippen LogP contribution in [0.1, 0.15) is 22.3 Å². The molecule has 1 unspecified atom stereocenters. The van der Waals surface area contributed by atoms with Gasteiger partial charge in [-0.3, -0.25) is 10.2 Å². The number of hydrogen-bond acceptors (Lipinski definition) is 4. The van der Waals surface area contributed by atoms with Gasteiger partial charge < -0.3 is 9.47 Å². The van der Waals surface area contributed by atoms with E-state index < -0.39 is 0 Å². The number of rotatable bonds is 5. The molecular formula is C13H17BrN2O3. The Labute approximate surface area is 120 Å². The number of hydrogen-bond donors (Lipinski definition) is 2. The van der Waals surface area contributed by atoms with Crippen molar-refractivity contribution in [2.75, 3.05) is 19.8 Å². The zero-order valence-corrected chi connectivity index (χ0v) is 12.1. The third kappa shape index (κ3) is 4.01. The van der Waals surface area contributed by atoms with E-state index in [9.17, 15) is 4.79 Å². The molecule has 104 valence electrons. The zero-order chi connectivity index (χ0) is 13.7. The van der Waals surface area contributed by atoms with E-state index >= 15 is 0 Å². The Bertz CT molecular complexity index is 448. The molecule has 6 heteroatoms. The molecule has 1 amide bonds. The number of carbonyl (C=O) groups excluding carboxylic acids is 1. The minimum atomic E-state index is -0.309. The van der Waals surface area contributed by atoms with Crippen molar-refractivity contribution in [2.45, 2.75) is 13.0 Å². The Hall–Kier alpha value is -0.950. The monoisotopic (exact) mass is 328 g/mol. The number of halogens is 1. The number of amides is 1. The number of nitrogens with one attached hydrogen (secondary N) is 1. The summed E-state index contributed by atoms with van der Waals surface area (Å²) in [5.74, 6) is 5.28. The van der Waals surface area contributed by atoms with Gasteiger partial charge in [-0.25, -0.2) is 5.84 Å². The van der Waals surface area contributed by atoms with Gasteiger partial charge in [0.05, 0.1) is 19.8 Å². The summed E-state index contributed by atoms with van der Waals surface area (Å²) in [4.78, 5) is 11.4. The molecule has 0 aliphatic carbocycles. The Balaban J connectivity index is 1.87. The van der Waals surface area contributed by atoms with Crippen LogP contribution in [0.25, 0.3) is 0 Å². The van der Waals surface area contributed by atoms with Crippen LogP contribution in [-0.4, -0.2) is 25.7 Å². The highest BCUT2D eigenvalue weighted by Gasteiger charge is 2.15. The van der Waals surface area contributed by atoms with Crippen LogP contribution >= 0.6 is 15.9 Å². The second kappa shape index (κ2) is 7.00. The molecule has 0 radical (unpaired) electrons. The second-order valence-corrected chi connectivity index (χ2v) is 5.38. The van der Waals surface area contributed by atoms with Crippen LogP contribution in [0.3, 0.4) is 0 Å². The summed E-state index contributed by atoms with van der Waals surface area (Å²) in [7, 11) is 0. The lowest BCUT2D eigenvalue weighted by atomic mass is 10.1. The molecule has 0 aromatic heterocycles. The van der Waals surface area contributed by atoms with Gasteiger partial charge in [-0.2, -0.15) is 0 Å². The number of benzene rings is 1. The third-order valence-corrected chi connectivity index (χ3v) is 3.82. The number of ether oxygens (including phenoxy) is 2. The Morgan fingerprint density at radius 1 is 1.58 bits per heavy atom. The molecule has 1 aliphatic heterocycles. The van der Waals surface area contributed by atoms with Crippen molar-refractivity contribution in [1.82, 2.24) is 5.43 Å². The first-order valence-corrected chi connectivity index (χ1v) is 6.95. The van der Waals surface area contributed by atoms with Gasteiger partial charge in [0.2, 0.25) is 0 Å². The van der Waals surface area contributed by atoms with E-state index in [-0.39, 0.29) is 5.91 Å². The molecule has 1 aromatic rings. The fourth-order valence-corrected chi connectivity index (χ4v) is 2.43. The lowest BCUT2D eigenvalue weighted by molar-refractivity contribution is 0.0788. The van der Waals surface area contributed by atoms with Crippen LogP contribution in [0, 0.1) is 5.92 Å². The van der Waals surface area contributed by atoms with Crippen LogP contribution < -0.4 is 11.3 Å². The molecule has 0 bridgehead atoms. The third-order valence-electron chi connectivity index (χ3n) is 3.08. The molecule has 0 spiro atoms. The molecule has 19 heavy (non-hydrogen) atoms. The first-order valence-electron chi connectivity index (χ1n) is 6.15. The van der Waals surface area contributed by atoms with E-state index in [1.54, 1.807) is 12.1 Å². The average Bonchev–Trinajstić information content (AvgIpc) is 2.93. The molecule has 2 rings (SSSR count). The molecule has 1 saturated heterocycles. The number of nitrogen functional groups attached to an aromatic ring is 1. The van der Waals surface area contributed by atoms with E-state index in [0.717, 1.165) is 29.7 Å². The summed E-state index contributed by atoms with van der Waals surface area (Å²) in [5, 5.41) is 0. The van der Waals surface area contributed by atoms with Crippen molar-refractivity contribution in [3.63, 3.8) is 0 Å². The largest absolute Gasteiger partial charge is 0.381 e. The van der Waals surface area contributed by atoms with Crippen molar-refractivity contribution in [2.24, 2.45) is 11.8 Å². The highest BCUT2D eigenvalue weighted by molar-refractivity contribution is 9.10. The molecule has 3 N–H and O–H groups in total. The van der Waals surface area contributed by atoms with Crippen molar-refractivity contribution >= 4 is 21.8 Å². The lowest BCUT2D eigenvalue weighted by Crippen LogP contribution is -2.29. The van der Waals surface area contributed by atoms with Crippen LogP contribution in [0.15, 0.2) is 22.7 Å². The standard InChI is InChI=1S/C13H17BrN2O3/c14-12-5-10(13(17)16-15)1-2-11(12)8-19-7-9-3-4-18-6-9/h1-2,5,9H,3-4,6-8,15H2,(H,16,17). The van der Waals surface area contributed by atoms with Gasteiger partial charge in [0.1, 0.15) is 0 Å². The quantitative estimate of drug-likeness (QED) is 0.489. The van der Waals surface area contributed by atoms with Gasteiger partial charge in [0, 0.05) is 22.6 Å². The van der Waals surface area contributed by atoms with E-state index in [0.29, 0.717) is 24.7 Å². The highest BCUT2D eigenvalue weighted by atomic mass is 79.9. The maximum absolute atomic E-state index is 11.4. The molecule has 5 nitrogen and oxygen atoms in total. The van der Waals surface area contributed by atoms with Crippen LogP contribution in [0.4, 0.5) is 0 Å². The fourth-order valence-electron chi connectivity index (χ4n) is 1.94. The van der Waals surface area contributed by atoms with Crippen LogP contribution in [0.5, 0.6) is 0 Å². The van der Waals surface area contributed by atoms with E-state index in [1.165, 1.54) is 0 Å². The topological polar surface area (TPSA) is 73.6 Å². The predicted octanol–water partition coefficient (Wildman–Crippen LogP) is 1.61. The summed E-state index contributed by atoms with van der Waals surface area (Å²) >= 11 is 3.43. The van der Waals surface area contributed by atoms with Crippen LogP contribution in [0.2, 0.25) is 0 Å². The van der Waals surface area contributed by atoms with Gasteiger partial charge in [-0.15, -0.1) is 0 Å². The Morgan fingerprint density at radius 3 is 3.05 bits per heavy atom. The van der Waals surface area contributed by atoms with Gasteiger partial charge in [-0.1, -0.05) is 22.0 Å². The first kappa shape index (κ1) is 14.5. The second-order valence-electron chi connectivity index (χ2n) is 4.52. The fraction of sp³-hybridized carbons (Fsp3) is 0.462. The summed E-state index contributed by atoms with van der Waals surface area (Å²) in [6, 6.07) is 5.32. The zero-order valence-electron chi connectivity index (χ0n) is 10.5. The summed E-state index contributed by atoms with van der Waals surface area (Å²) in [5.41, 5.74) is 3.63. The maximum Gasteiger partial charge on any atom is 0.265 e. The Kier molecular flexibility index (Phi) is 5.33. The SMILES string of the molecule is NNC(=O)c1ccc(COCC2CCOC2)c(Br)c1. The van der Waals surface area contributed by atoms with Gasteiger partial charge in [0.15, 0.2) is 0 Å². The van der Waals surface area contributed by atoms with Crippen molar-refractivity contribution in [3.8, 4) is 0 Å². The molecule has 1 aliphatic rings. The van der Waals surface area contributed by atoms with E-state index in [4.69, 9.17) is 15.3 Å². The molecule has 1 heterocycles. The summed E-state index contributed by atoms with van der Waals surface area (Å²) in [6.45, 7) is 2.84. The summed E-state index contributed by atoms with van der Waals surface area (Å²) < 4.78 is 11.8. The first-order chi connectivity index (χ1) is 9.20. The van der Waals surface area contributed by atoms with E-state index in [2.05, 4.69) is 21.4 Å². The van der Waals surface area contributed by atoms with Gasteiger partial charge in [-0.05, 0) is 24.1 Å². The van der Waals surface area contributed by atoms with Gasteiger partial charge >= 0.3 is 0 Å². The molecule has 0 saturated carbocycles. The molecule has 1 atom stereocenters. The van der Waals surface area contributed by atoms with E-state index in [1.807, 2.05) is 6.07 Å². The Morgan fingerprint density at radius 2 is 2.42 bits per heavy atom. The number of nitrogens with two attached hydrogens (primary N) is 1. The summed E-state index contributed by atoms with van der Waals surface area (Å²) in [6.07, 6.45) is 1.07. The molecule has 1 fully saturated rings. The molecular weight excluding hydrogens is 312 g/mol. The number of carbonyl (C=O) groups is 1. The van der Waals surface area contributed by atoms with Crippen molar-refractivity contribution in [1.29, 1.82) is 0 Å².